The molecule has 1 N–H and O–H groups in total. The lowest BCUT2D eigenvalue weighted by Gasteiger charge is -2.15. The molecule has 18 heavy (non-hydrogen) atoms. The van der Waals surface area contributed by atoms with Crippen molar-refractivity contribution in [1.29, 1.82) is 5.26 Å². The molecule has 5 nitrogen and oxygen atoms in total. The molecule has 0 atom stereocenters. The monoisotopic (exact) mass is 248 g/mol. The van der Waals surface area contributed by atoms with Gasteiger partial charge in [-0.25, -0.2) is 4.79 Å². The highest BCUT2D eigenvalue weighted by Gasteiger charge is 2.09. The zero-order valence-electron chi connectivity index (χ0n) is 10.3. The van der Waals surface area contributed by atoms with Crippen LogP contribution in [0.25, 0.3) is 0 Å². The topological polar surface area (TPSA) is 73.6 Å². The van der Waals surface area contributed by atoms with Crippen molar-refractivity contribution in [1.82, 2.24) is 4.90 Å². The van der Waals surface area contributed by atoms with Crippen LogP contribution < -0.4 is 4.74 Å². The summed E-state index contributed by atoms with van der Waals surface area (Å²) >= 11 is 0. The van der Waals surface area contributed by atoms with Crippen molar-refractivity contribution < 1.29 is 14.6 Å². The molecule has 1 aromatic rings. The molecule has 0 aromatic heterocycles. The number of carboxylic acid groups (broad SMARTS) is 1. The second kappa shape index (κ2) is 7.30. The van der Waals surface area contributed by atoms with Gasteiger partial charge in [0.15, 0.2) is 0 Å². The highest BCUT2D eigenvalue weighted by molar-refractivity contribution is 5.90. The molecular formula is C13H16N2O3. The van der Waals surface area contributed by atoms with Crippen LogP contribution in [0, 0.1) is 11.3 Å². The number of rotatable bonds is 7. The maximum absolute atomic E-state index is 10.9. The van der Waals surface area contributed by atoms with Crippen LogP contribution in [0.1, 0.15) is 16.8 Å². The number of para-hydroxylation sites is 1. The molecule has 0 fully saturated rings. The quantitative estimate of drug-likeness (QED) is 0.793. The van der Waals surface area contributed by atoms with Gasteiger partial charge in [-0.1, -0.05) is 12.1 Å². The first kappa shape index (κ1) is 14.0. The Morgan fingerprint density at radius 2 is 2.17 bits per heavy atom. The van der Waals surface area contributed by atoms with E-state index in [1.807, 2.05) is 11.9 Å². The van der Waals surface area contributed by atoms with Gasteiger partial charge in [0.1, 0.15) is 17.9 Å². The summed E-state index contributed by atoms with van der Waals surface area (Å²) in [6, 6.07) is 8.62. The van der Waals surface area contributed by atoms with Gasteiger partial charge in [-0.15, -0.1) is 0 Å². The average Bonchev–Trinajstić information content (AvgIpc) is 2.36. The molecule has 0 unspecified atom stereocenters. The zero-order valence-corrected chi connectivity index (χ0v) is 10.3. The molecule has 0 aliphatic heterocycles. The van der Waals surface area contributed by atoms with Crippen molar-refractivity contribution in [3.05, 3.63) is 29.8 Å². The summed E-state index contributed by atoms with van der Waals surface area (Å²) in [5.41, 5.74) is 0.164. The van der Waals surface area contributed by atoms with Gasteiger partial charge >= 0.3 is 5.97 Å². The predicted octanol–water partition coefficient (Wildman–Crippen LogP) is 1.61. The van der Waals surface area contributed by atoms with Gasteiger partial charge in [0.05, 0.1) is 6.07 Å². The second-order valence-corrected chi connectivity index (χ2v) is 3.86. The van der Waals surface area contributed by atoms with Gasteiger partial charge in [0.25, 0.3) is 0 Å². The number of nitriles is 1. The Labute approximate surface area is 106 Å². The van der Waals surface area contributed by atoms with Crippen molar-refractivity contribution in [3.63, 3.8) is 0 Å². The minimum atomic E-state index is -0.997. The molecule has 0 radical (unpaired) electrons. The van der Waals surface area contributed by atoms with Crippen LogP contribution in [-0.2, 0) is 0 Å². The number of aromatic carboxylic acids is 1. The molecule has 0 bridgehead atoms. The summed E-state index contributed by atoms with van der Waals surface area (Å²) in [6.45, 7) is 1.72. The van der Waals surface area contributed by atoms with E-state index in [0.717, 1.165) is 0 Å². The molecule has 0 aliphatic rings. The highest BCUT2D eigenvalue weighted by atomic mass is 16.5. The van der Waals surface area contributed by atoms with Crippen LogP contribution in [0.3, 0.4) is 0 Å². The lowest BCUT2D eigenvalue weighted by Crippen LogP contribution is -2.25. The number of carbonyl (C=O) groups is 1. The minimum absolute atomic E-state index is 0.164. The number of hydrogen-bond donors (Lipinski definition) is 1. The third kappa shape index (κ3) is 4.44. The van der Waals surface area contributed by atoms with Crippen LogP contribution in [0.2, 0.25) is 0 Å². The Balaban J connectivity index is 2.44. The van der Waals surface area contributed by atoms with Crippen LogP contribution in [0.5, 0.6) is 5.75 Å². The Bertz CT molecular complexity index is 440. The van der Waals surface area contributed by atoms with Gasteiger partial charge in [-0.05, 0) is 19.2 Å². The maximum atomic E-state index is 10.9. The first-order chi connectivity index (χ1) is 8.65. The van der Waals surface area contributed by atoms with Gasteiger partial charge in [-0.3, -0.25) is 0 Å². The van der Waals surface area contributed by atoms with E-state index in [9.17, 15) is 4.79 Å². The Morgan fingerprint density at radius 1 is 1.44 bits per heavy atom. The highest BCUT2D eigenvalue weighted by Crippen LogP contribution is 2.17. The summed E-state index contributed by atoms with van der Waals surface area (Å²) < 4.78 is 5.44. The minimum Gasteiger partial charge on any atom is -0.491 e. The van der Waals surface area contributed by atoms with E-state index in [1.165, 1.54) is 6.07 Å². The van der Waals surface area contributed by atoms with E-state index in [-0.39, 0.29) is 5.56 Å². The van der Waals surface area contributed by atoms with Crippen molar-refractivity contribution >= 4 is 5.97 Å². The number of nitrogens with zero attached hydrogens (tertiary/aromatic N) is 2. The van der Waals surface area contributed by atoms with E-state index in [1.54, 1.807) is 18.2 Å². The standard InChI is InChI=1S/C13H16N2O3/c1-15(8-4-7-14)9-10-18-12-6-3-2-5-11(12)13(16)17/h2-3,5-6H,4,8-10H2,1H3,(H,16,17). The zero-order chi connectivity index (χ0) is 13.4. The third-order valence-corrected chi connectivity index (χ3v) is 2.45. The third-order valence-electron chi connectivity index (χ3n) is 2.45. The number of likely N-dealkylation sites (N-methyl/N-ethyl adjacent to an activating group) is 1. The lowest BCUT2D eigenvalue weighted by atomic mass is 10.2. The number of benzene rings is 1. The molecule has 0 aliphatic carbocycles. The number of hydrogen-bond acceptors (Lipinski definition) is 4. The van der Waals surface area contributed by atoms with Crippen molar-refractivity contribution in [2.75, 3.05) is 26.7 Å². The predicted molar refractivity (Wildman–Crippen MR) is 66.6 cm³/mol. The molecule has 1 rings (SSSR count). The Kier molecular flexibility index (Phi) is 5.68. The van der Waals surface area contributed by atoms with Crippen molar-refractivity contribution in [2.45, 2.75) is 6.42 Å². The maximum Gasteiger partial charge on any atom is 0.339 e. The molecule has 0 spiro atoms. The number of ether oxygens (including phenoxy) is 1. The van der Waals surface area contributed by atoms with Crippen LogP contribution in [0.4, 0.5) is 0 Å². The van der Waals surface area contributed by atoms with E-state index in [2.05, 4.69) is 6.07 Å². The fourth-order valence-corrected chi connectivity index (χ4v) is 1.43. The summed E-state index contributed by atoms with van der Waals surface area (Å²) in [6.07, 6.45) is 0.474. The van der Waals surface area contributed by atoms with E-state index in [0.29, 0.717) is 31.9 Å². The molecule has 1 aromatic carbocycles. The molecule has 0 heterocycles. The molecule has 0 saturated carbocycles. The smallest absolute Gasteiger partial charge is 0.339 e. The first-order valence-corrected chi connectivity index (χ1v) is 5.65. The van der Waals surface area contributed by atoms with Gasteiger partial charge in [-0.2, -0.15) is 5.26 Å². The SMILES string of the molecule is CN(CCC#N)CCOc1ccccc1C(=O)O. The van der Waals surface area contributed by atoms with E-state index in [4.69, 9.17) is 15.1 Å². The first-order valence-electron chi connectivity index (χ1n) is 5.65. The van der Waals surface area contributed by atoms with Crippen molar-refractivity contribution in [2.24, 2.45) is 0 Å². The molecule has 5 heteroatoms. The summed E-state index contributed by atoms with van der Waals surface area (Å²) in [7, 11) is 1.89. The van der Waals surface area contributed by atoms with E-state index < -0.39 is 5.97 Å². The van der Waals surface area contributed by atoms with Crippen LogP contribution in [0.15, 0.2) is 24.3 Å². The molecular weight excluding hydrogens is 232 g/mol. The number of carboxylic acids is 1. The van der Waals surface area contributed by atoms with Crippen LogP contribution in [-0.4, -0.2) is 42.7 Å². The van der Waals surface area contributed by atoms with Gasteiger partial charge in [0, 0.05) is 19.5 Å². The Morgan fingerprint density at radius 3 is 2.83 bits per heavy atom. The summed E-state index contributed by atoms with van der Waals surface area (Å²) in [5.74, 6) is -0.623. The van der Waals surface area contributed by atoms with Crippen molar-refractivity contribution in [3.8, 4) is 11.8 Å². The fraction of sp³-hybridized carbons (Fsp3) is 0.385. The normalized spacial score (nSPS) is 10.1. The summed E-state index contributed by atoms with van der Waals surface area (Å²) in [4.78, 5) is 12.9. The van der Waals surface area contributed by atoms with Crippen LogP contribution >= 0.6 is 0 Å². The molecule has 0 amide bonds. The average molecular weight is 248 g/mol. The summed E-state index contributed by atoms with van der Waals surface area (Å²) in [5, 5.41) is 17.4. The van der Waals surface area contributed by atoms with E-state index >= 15 is 0 Å². The van der Waals surface area contributed by atoms with Gasteiger partial charge in [0.2, 0.25) is 0 Å². The lowest BCUT2D eigenvalue weighted by molar-refractivity contribution is 0.0692. The largest absolute Gasteiger partial charge is 0.491 e. The fourth-order valence-electron chi connectivity index (χ4n) is 1.43. The second-order valence-electron chi connectivity index (χ2n) is 3.86. The van der Waals surface area contributed by atoms with Gasteiger partial charge < -0.3 is 14.7 Å². The molecule has 96 valence electrons. The Hall–Kier alpha value is -2.06. The molecule has 0 saturated heterocycles.